The van der Waals surface area contributed by atoms with Crippen molar-refractivity contribution in [3.8, 4) is 0 Å². The zero-order valence-corrected chi connectivity index (χ0v) is 11.3. The van der Waals surface area contributed by atoms with Gasteiger partial charge in [0.15, 0.2) is 0 Å². The SMILES string of the molecule is CNC(Cc1cc(Br)cs1)CN(C)C. The van der Waals surface area contributed by atoms with E-state index in [0.717, 1.165) is 13.0 Å². The van der Waals surface area contributed by atoms with E-state index in [-0.39, 0.29) is 0 Å². The zero-order chi connectivity index (χ0) is 10.6. The minimum Gasteiger partial charge on any atom is -0.315 e. The molecule has 0 bridgehead atoms. The number of halogens is 1. The molecule has 1 atom stereocenters. The Morgan fingerprint density at radius 1 is 1.57 bits per heavy atom. The van der Waals surface area contributed by atoms with Crippen LogP contribution in [0.15, 0.2) is 15.9 Å². The molecule has 0 aromatic carbocycles. The molecule has 0 fully saturated rings. The van der Waals surface area contributed by atoms with Gasteiger partial charge < -0.3 is 10.2 Å². The van der Waals surface area contributed by atoms with Crippen LogP contribution in [0.2, 0.25) is 0 Å². The van der Waals surface area contributed by atoms with Crippen molar-refractivity contribution in [2.45, 2.75) is 12.5 Å². The second-order valence-electron chi connectivity index (χ2n) is 3.68. The first-order chi connectivity index (χ1) is 6.61. The Kier molecular flexibility index (Phi) is 5.09. The van der Waals surface area contributed by atoms with E-state index in [9.17, 15) is 0 Å². The molecular weight excluding hydrogens is 260 g/mol. The summed E-state index contributed by atoms with van der Waals surface area (Å²) >= 11 is 5.29. The Balaban J connectivity index is 2.48. The van der Waals surface area contributed by atoms with Gasteiger partial charge >= 0.3 is 0 Å². The summed E-state index contributed by atoms with van der Waals surface area (Å²) in [6.45, 7) is 1.08. The summed E-state index contributed by atoms with van der Waals surface area (Å²) < 4.78 is 1.19. The van der Waals surface area contributed by atoms with Gasteiger partial charge in [0.25, 0.3) is 0 Å². The minimum absolute atomic E-state index is 0.538. The van der Waals surface area contributed by atoms with Crippen LogP contribution >= 0.6 is 27.3 Å². The molecule has 14 heavy (non-hydrogen) atoms. The maximum Gasteiger partial charge on any atom is 0.0285 e. The molecule has 0 aliphatic rings. The summed E-state index contributed by atoms with van der Waals surface area (Å²) in [4.78, 5) is 3.64. The molecule has 0 radical (unpaired) electrons. The van der Waals surface area contributed by atoms with Crippen molar-refractivity contribution >= 4 is 27.3 Å². The lowest BCUT2D eigenvalue weighted by Crippen LogP contribution is -2.37. The molecule has 1 aromatic rings. The predicted molar refractivity (Wildman–Crippen MR) is 67.1 cm³/mol. The van der Waals surface area contributed by atoms with Crippen molar-refractivity contribution in [2.24, 2.45) is 0 Å². The summed E-state index contributed by atoms with van der Waals surface area (Å²) in [5.41, 5.74) is 0. The molecule has 1 unspecified atom stereocenters. The quantitative estimate of drug-likeness (QED) is 0.887. The Bertz CT molecular complexity index is 273. The summed E-state index contributed by atoms with van der Waals surface area (Å²) in [6, 6.07) is 2.74. The van der Waals surface area contributed by atoms with Crippen LogP contribution in [-0.2, 0) is 6.42 Å². The fourth-order valence-electron chi connectivity index (χ4n) is 1.40. The molecule has 0 spiro atoms. The highest BCUT2D eigenvalue weighted by atomic mass is 79.9. The maximum atomic E-state index is 3.47. The van der Waals surface area contributed by atoms with Crippen LogP contribution in [-0.4, -0.2) is 38.6 Å². The van der Waals surface area contributed by atoms with Crippen molar-refractivity contribution in [1.29, 1.82) is 0 Å². The lowest BCUT2D eigenvalue weighted by atomic mass is 10.2. The summed E-state index contributed by atoms with van der Waals surface area (Å²) in [5.74, 6) is 0. The van der Waals surface area contributed by atoms with E-state index in [1.807, 2.05) is 18.4 Å². The Hall–Kier alpha value is 0.1000. The van der Waals surface area contributed by atoms with Crippen molar-refractivity contribution in [2.75, 3.05) is 27.7 Å². The van der Waals surface area contributed by atoms with E-state index in [4.69, 9.17) is 0 Å². The van der Waals surface area contributed by atoms with Gasteiger partial charge in [-0.25, -0.2) is 0 Å². The first-order valence-electron chi connectivity index (χ1n) is 4.66. The number of nitrogens with one attached hydrogen (secondary N) is 1. The molecule has 4 heteroatoms. The smallest absolute Gasteiger partial charge is 0.0285 e. The van der Waals surface area contributed by atoms with Gasteiger partial charge in [-0.3, -0.25) is 0 Å². The average molecular weight is 277 g/mol. The van der Waals surface area contributed by atoms with E-state index in [1.54, 1.807) is 0 Å². The number of rotatable bonds is 5. The highest BCUT2D eigenvalue weighted by Crippen LogP contribution is 2.20. The second kappa shape index (κ2) is 5.85. The molecule has 1 rings (SSSR count). The van der Waals surface area contributed by atoms with Crippen molar-refractivity contribution in [3.63, 3.8) is 0 Å². The molecule has 1 aromatic heterocycles. The highest BCUT2D eigenvalue weighted by Gasteiger charge is 2.09. The van der Waals surface area contributed by atoms with Crippen molar-refractivity contribution in [3.05, 3.63) is 20.8 Å². The fraction of sp³-hybridized carbons (Fsp3) is 0.600. The summed E-state index contributed by atoms with van der Waals surface area (Å²) in [7, 11) is 6.24. The molecule has 1 N–H and O–H groups in total. The van der Waals surface area contributed by atoms with Gasteiger partial charge in [-0.15, -0.1) is 11.3 Å². The van der Waals surface area contributed by atoms with Gasteiger partial charge in [0, 0.05) is 27.3 Å². The Labute approximate surface area is 98.4 Å². The van der Waals surface area contributed by atoms with Crippen LogP contribution in [0.25, 0.3) is 0 Å². The van der Waals surface area contributed by atoms with Gasteiger partial charge in [-0.2, -0.15) is 0 Å². The third-order valence-electron chi connectivity index (χ3n) is 2.06. The Morgan fingerprint density at radius 3 is 2.71 bits per heavy atom. The van der Waals surface area contributed by atoms with E-state index in [0.29, 0.717) is 6.04 Å². The molecule has 1 heterocycles. The molecule has 0 saturated heterocycles. The van der Waals surface area contributed by atoms with Gasteiger partial charge in [0.2, 0.25) is 0 Å². The van der Waals surface area contributed by atoms with Gasteiger partial charge in [-0.05, 0) is 49.6 Å². The van der Waals surface area contributed by atoms with Crippen LogP contribution in [0.5, 0.6) is 0 Å². The standard InChI is InChI=1S/C10H17BrN2S/c1-12-9(6-13(2)3)5-10-4-8(11)7-14-10/h4,7,9,12H,5-6H2,1-3H3. The molecule has 80 valence electrons. The number of thiophene rings is 1. The van der Waals surface area contributed by atoms with Crippen LogP contribution < -0.4 is 5.32 Å². The van der Waals surface area contributed by atoms with Gasteiger partial charge in [0.1, 0.15) is 0 Å². The first kappa shape index (κ1) is 12.2. The number of hydrogen-bond donors (Lipinski definition) is 1. The third kappa shape index (κ3) is 4.09. The van der Waals surface area contributed by atoms with Crippen LogP contribution in [0.3, 0.4) is 0 Å². The molecule has 0 amide bonds. The second-order valence-corrected chi connectivity index (χ2v) is 5.59. The van der Waals surface area contributed by atoms with Crippen LogP contribution in [0, 0.1) is 0 Å². The van der Waals surface area contributed by atoms with E-state index in [1.165, 1.54) is 9.35 Å². The zero-order valence-electron chi connectivity index (χ0n) is 8.88. The molecule has 2 nitrogen and oxygen atoms in total. The highest BCUT2D eigenvalue weighted by molar-refractivity contribution is 9.10. The largest absolute Gasteiger partial charge is 0.315 e. The monoisotopic (exact) mass is 276 g/mol. The minimum atomic E-state index is 0.538. The van der Waals surface area contributed by atoms with Crippen LogP contribution in [0.1, 0.15) is 4.88 Å². The third-order valence-corrected chi connectivity index (χ3v) is 3.78. The summed E-state index contributed by atoms with van der Waals surface area (Å²) in [6.07, 6.45) is 1.10. The normalized spacial score (nSPS) is 13.5. The van der Waals surface area contributed by atoms with E-state index < -0.39 is 0 Å². The van der Waals surface area contributed by atoms with Gasteiger partial charge in [-0.1, -0.05) is 0 Å². The van der Waals surface area contributed by atoms with E-state index >= 15 is 0 Å². The average Bonchev–Trinajstić information content (AvgIpc) is 2.49. The molecule has 0 aliphatic carbocycles. The Morgan fingerprint density at radius 2 is 2.29 bits per heavy atom. The predicted octanol–water partition coefficient (Wildman–Crippen LogP) is 2.20. The number of likely N-dealkylation sites (N-methyl/N-ethyl adjacent to an activating group) is 2. The van der Waals surface area contributed by atoms with Crippen LogP contribution in [0.4, 0.5) is 0 Å². The lowest BCUT2D eigenvalue weighted by molar-refractivity contribution is 0.347. The molecule has 0 aliphatic heterocycles. The van der Waals surface area contributed by atoms with Crippen molar-refractivity contribution in [1.82, 2.24) is 10.2 Å². The number of nitrogens with zero attached hydrogens (tertiary/aromatic N) is 1. The van der Waals surface area contributed by atoms with E-state index in [2.05, 4.69) is 51.7 Å². The topological polar surface area (TPSA) is 15.3 Å². The van der Waals surface area contributed by atoms with Crippen molar-refractivity contribution < 1.29 is 0 Å². The first-order valence-corrected chi connectivity index (χ1v) is 6.34. The molecular formula is C10H17BrN2S. The van der Waals surface area contributed by atoms with Gasteiger partial charge in [0.05, 0.1) is 0 Å². The lowest BCUT2D eigenvalue weighted by Gasteiger charge is -2.19. The fourth-order valence-corrected chi connectivity index (χ4v) is 2.94. The molecule has 0 saturated carbocycles. The maximum absolute atomic E-state index is 3.47. The summed E-state index contributed by atoms with van der Waals surface area (Å²) in [5, 5.41) is 5.48. The number of hydrogen-bond acceptors (Lipinski definition) is 3.